The molecule has 1 unspecified atom stereocenters. The Morgan fingerprint density at radius 1 is 1.26 bits per heavy atom. The van der Waals surface area contributed by atoms with Crippen LogP contribution in [-0.2, 0) is 4.79 Å². The van der Waals surface area contributed by atoms with E-state index in [0.29, 0.717) is 17.9 Å². The van der Waals surface area contributed by atoms with E-state index in [9.17, 15) is 9.59 Å². The second-order valence-corrected chi connectivity index (χ2v) is 4.25. The van der Waals surface area contributed by atoms with Crippen LogP contribution >= 0.6 is 12.4 Å². The van der Waals surface area contributed by atoms with Gasteiger partial charge in [0.15, 0.2) is 0 Å². The molecule has 1 aliphatic heterocycles. The van der Waals surface area contributed by atoms with Gasteiger partial charge in [-0.25, -0.2) is 4.79 Å². The van der Waals surface area contributed by atoms with Crippen LogP contribution in [0, 0.1) is 5.92 Å². The van der Waals surface area contributed by atoms with E-state index >= 15 is 0 Å². The van der Waals surface area contributed by atoms with Gasteiger partial charge in [0.25, 0.3) is 0 Å². The molecule has 3 amide bonds. The maximum absolute atomic E-state index is 11.9. The van der Waals surface area contributed by atoms with Crippen molar-refractivity contribution in [1.82, 2.24) is 5.32 Å². The monoisotopic (exact) mass is 284 g/mol. The number of nitrogens with one attached hydrogen (secondary N) is 3. The van der Waals surface area contributed by atoms with Crippen molar-refractivity contribution < 1.29 is 9.59 Å². The molecule has 0 aromatic heterocycles. The van der Waals surface area contributed by atoms with Crippen molar-refractivity contribution in [2.24, 2.45) is 11.7 Å². The third-order valence-electron chi connectivity index (χ3n) is 2.83. The molecule has 1 saturated heterocycles. The molecule has 0 radical (unpaired) electrons. The van der Waals surface area contributed by atoms with Crippen molar-refractivity contribution in [3.63, 3.8) is 0 Å². The highest BCUT2D eigenvalue weighted by atomic mass is 35.5. The number of hydrogen-bond donors (Lipinski definition) is 4. The van der Waals surface area contributed by atoms with E-state index in [4.69, 9.17) is 5.73 Å². The molecule has 0 bridgehead atoms. The lowest BCUT2D eigenvalue weighted by molar-refractivity contribution is -0.119. The minimum absolute atomic E-state index is 0. The van der Waals surface area contributed by atoms with Gasteiger partial charge < -0.3 is 21.7 Å². The Morgan fingerprint density at radius 3 is 2.53 bits per heavy atom. The van der Waals surface area contributed by atoms with E-state index in [1.165, 1.54) is 0 Å². The fourth-order valence-electron chi connectivity index (χ4n) is 1.94. The van der Waals surface area contributed by atoms with Crippen LogP contribution in [0.3, 0.4) is 0 Å². The molecule has 1 fully saturated rings. The largest absolute Gasteiger partial charge is 0.351 e. The molecule has 0 saturated carbocycles. The van der Waals surface area contributed by atoms with E-state index in [0.717, 1.165) is 13.0 Å². The Bertz CT molecular complexity index is 461. The van der Waals surface area contributed by atoms with Gasteiger partial charge in [0, 0.05) is 17.9 Å². The second-order valence-electron chi connectivity index (χ2n) is 4.25. The van der Waals surface area contributed by atoms with Crippen LogP contribution in [0.5, 0.6) is 0 Å². The van der Waals surface area contributed by atoms with Gasteiger partial charge in [0.2, 0.25) is 5.91 Å². The lowest BCUT2D eigenvalue weighted by atomic mass is 10.1. The van der Waals surface area contributed by atoms with E-state index in [-0.39, 0.29) is 24.2 Å². The highest BCUT2D eigenvalue weighted by Crippen LogP contribution is 2.17. The van der Waals surface area contributed by atoms with Gasteiger partial charge in [-0.1, -0.05) is 6.07 Å². The van der Waals surface area contributed by atoms with Crippen LogP contribution < -0.4 is 21.7 Å². The topological polar surface area (TPSA) is 96.2 Å². The van der Waals surface area contributed by atoms with Crippen LogP contribution in [0.15, 0.2) is 24.3 Å². The Kier molecular flexibility index (Phi) is 5.59. The molecular weight excluding hydrogens is 268 g/mol. The van der Waals surface area contributed by atoms with Crippen molar-refractivity contribution in [2.75, 3.05) is 23.7 Å². The Morgan fingerprint density at radius 2 is 1.95 bits per heavy atom. The summed E-state index contributed by atoms with van der Waals surface area (Å²) in [7, 11) is 0. The third-order valence-corrected chi connectivity index (χ3v) is 2.83. The summed E-state index contributed by atoms with van der Waals surface area (Å²) >= 11 is 0. The number of carbonyl (C=O) groups is 2. The highest BCUT2D eigenvalue weighted by Gasteiger charge is 2.22. The summed E-state index contributed by atoms with van der Waals surface area (Å²) in [5.41, 5.74) is 6.24. The van der Waals surface area contributed by atoms with Crippen LogP contribution in [0.25, 0.3) is 0 Å². The molecule has 1 aromatic carbocycles. The van der Waals surface area contributed by atoms with Crippen molar-refractivity contribution in [2.45, 2.75) is 6.42 Å². The average Bonchev–Trinajstić information content (AvgIpc) is 2.81. The SMILES string of the molecule is Cl.NC(=O)Nc1cccc(NC(=O)C2CCNC2)c1. The van der Waals surface area contributed by atoms with Crippen molar-refractivity contribution in [3.05, 3.63) is 24.3 Å². The lowest BCUT2D eigenvalue weighted by Gasteiger charge is -2.11. The van der Waals surface area contributed by atoms with Gasteiger partial charge in [-0.2, -0.15) is 0 Å². The lowest BCUT2D eigenvalue weighted by Crippen LogP contribution is -2.24. The second kappa shape index (κ2) is 6.96. The Balaban J connectivity index is 0.00000180. The fraction of sp³-hybridized carbons (Fsp3) is 0.333. The summed E-state index contributed by atoms with van der Waals surface area (Å²) in [5.74, 6) is 0.00832. The van der Waals surface area contributed by atoms with E-state index in [2.05, 4.69) is 16.0 Å². The predicted molar refractivity (Wildman–Crippen MR) is 76.5 cm³/mol. The smallest absolute Gasteiger partial charge is 0.316 e. The number of primary amides is 1. The highest BCUT2D eigenvalue weighted by molar-refractivity contribution is 5.94. The van der Waals surface area contributed by atoms with Crippen LogP contribution in [-0.4, -0.2) is 25.0 Å². The van der Waals surface area contributed by atoms with Gasteiger partial charge in [-0.05, 0) is 31.2 Å². The zero-order valence-corrected chi connectivity index (χ0v) is 11.1. The van der Waals surface area contributed by atoms with Gasteiger partial charge in [-0.15, -0.1) is 12.4 Å². The number of anilines is 2. The molecule has 5 N–H and O–H groups in total. The number of nitrogens with two attached hydrogens (primary N) is 1. The van der Waals surface area contributed by atoms with E-state index < -0.39 is 6.03 Å². The predicted octanol–water partition coefficient (Wildman–Crippen LogP) is 1.15. The number of benzene rings is 1. The van der Waals surface area contributed by atoms with E-state index in [1.54, 1.807) is 24.3 Å². The van der Waals surface area contributed by atoms with Crippen LogP contribution in [0.1, 0.15) is 6.42 Å². The first-order valence-corrected chi connectivity index (χ1v) is 5.83. The molecule has 1 aliphatic rings. The zero-order valence-electron chi connectivity index (χ0n) is 10.3. The normalized spacial score (nSPS) is 17.4. The number of amides is 3. The summed E-state index contributed by atoms with van der Waals surface area (Å²) in [5, 5.41) is 8.43. The van der Waals surface area contributed by atoms with Crippen molar-refractivity contribution >= 4 is 35.7 Å². The minimum Gasteiger partial charge on any atom is -0.351 e. The first kappa shape index (κ1) is 15.3. The van der Waals surface area contributed by atoms with Crippen LogP contribution in [0.2, 0.25) is 0 Å². The van der Waals surface area contributed by atoms with Gasteiger partial charge in [0.05, 0.1) is 5.92 Å². The first-order valence-electron chi connectivity index (χ1n) is 5.83. The summed E-state index contributed by atoms with van der Waals surface area (Å²) in [4.78, 5) is 22.6. The standard InChI is InChI=1S/C12H16N4O2.ClH/c13-12(18)16-10-3-1-2-9(6-10)15-11(17)8-4-5-14-7-8;/h1-3,6,8,14H,4-5,7H2,(H,15,17)(H3,13,16,18);1H. The minimum atomic E-state index is -0.626. The van der Waals surface area contributed by atoms with Gasteiger partial charge in [0.1, 0.15) is 0 Å². The Labute approximate surface area is 117 Å². The molecular formula is C12H17ClN4O2. The number of rotatable bonds is 3. The summed E-state index contributed by atoms with van der Waals surface area (Å²) in [6.45, 7) is 1.59. The van der Waals surface area contributed by atoms with Gasteiger partial charge in [-0.3, -0.25) is 4.79 Å². The first-order chi connectivity index (χ1) is 8.65. The Hall–Kier alpha value is -1.79. The van der Waals surface area contributed by atoms with Crippen molar-refractivity contribution in [1.29, 1.82) is 0 Å². The maximum atomic E-state index is 11.9. The summed E-state index contributed by atoms with van der Waals surface area (Å²) in [6.07, 6.45) is 0.852. The average molecular weight is 285 g/mol. The summed E-state index contributed by atoms with van der Waals surface area (Å²) < 4.78 is 0. The molecule has 1 heterocycles. The third kappa shape index (κ3) is 4.42. The molecule has 6 nitrogen and oxygen atoms in total. The number of halogens is 1. The number of carbonyl (C=O) groups excluding carboxylic acids is 2. The number of hydrogen-bond acceptors (Lipinski definition) is 3. The zero-order chi connectivity index (χ0) is 13.0. The van der Waals surface area contributed by atoms with E-state index in [1.807, 2.05) is 0 Å². The maximum Gasteiger partial charge on any atom is 0.316 e. The molecule has 7 heteroatoms. The quantitative estimate of drug-likeness (QED) is 0.670. The molecule has 0 spiro atoms. The molecule has 104 valence electrons. The fourth-order valence-corrected chi connectivity index (χ4v) is 1.94. The van der Waals surface area contributed by atoms with Gasteiger partial charge >= 0.3 is 6.03 Å². The molecule has 19 heavy (non-hydrogen) atoms. The molecule has 2 rings (SSSR count). The number of urea groups is 1. The summed E-state index contributed by atoms with van der Waals surface area (Å²) in [6, 6.07) is 6.27. The molecule has 0 aliphatic carbocycles. The molecule has 1 atom stereocenters. The van der Waals surface area contributed by atoms with Crippen molar-refractivity contribution in [3.8, 4) is 0 Å². The van der Waals surface area contributed by atoms with Crippen LogP contribution in [0.4, 0.5) is 16.2 Å². The molecule has 1 aromatic rings.